The van der Waals surface area contributed by atoms with Crippen LogP contribution in [0.5, 0.6) is 5.75 Å². The largest absolute Gasteiger partial charge is 0.492 e. The fraction of sp³-hybridized carbons (Fsp3) is 0.462. The third-order valence-electron chi connectivity index (χ3n) is 2.38. The predicted molar refractivity (Wildman–Crippen MR) is 66.0 cm³/mol. The van der Waals surface area contributed by atoms with E-state index in [1.54, 1.807) is 13.8 Å². The molecule has 0 unspecified atom stereocenters. The van der Waals surface area contributed by atoms with E-state index < -0.39 is 5.54 Å². The van der Waals surface area contributed by atoms with E-state index in [1.807, 2.05) is 30.3 Å². The topological polar surface area (TPSA) is 47.6 Å². The summed E-state index contributed by atoms with van der Waals surface area (Å²) in [6.07, 6.45) is 0. The third kappa shape index (κ3) is 4.44. The second-order valence-corrected chi connectivity index (χ2v) is 4.20. The molecule has 1 rings (SSSR count). The second-order valence-electron chi connectivity index (χ2n) is 4.20. The smallest absolute Gasteiger partial charge is 0.325 e. The van der Waals surface area contributed by atoms with Gasteiger partial charge < -0.3 is 9.47 Å². The number of benzene rings is 1. The number of methoxy groups -OCH3 is 1. The SMILES string of the molecule is COC(=O)C(C)(C)NCCOc1ccccc1. The molecule has 0 aliphatic rings. The van der Waals surface area contributed by atoms with Gasteiger partial charge in [0.2, 0.25) is 0 Å². The molecule has 94 valence electrons. The van der Waals surface area contributed by atoms with Gasteiger partial charge in [0.15, 0.2) is 0 Å². The lowest BCUT2D eigenvalue weighted by Gasteiger charge is -2.23. The lowest BCUT2D eigenvalue weighted by molar-refractivity contribution is -0.147. The summed E-state index contributed by atoms with van der Waals surface area (Å²) in [5.74, 6) is 0.544. The van der Waals surface area contributed by atoms with Gasteiger partial charge in [-0.3, -0.25) is 10.1 Å². The Morgan fingerprint density at radius 2 is 1.94 bits per heavy atom. The summed E-state index contributed by atoms with van der Waals surface area (Å²) in [6, 6.07) is 9.56. The van der Waals surface area contributed by atoms with E-state index >= 15 is 0 Å². The lowest BCUT2D eigenvalue weighted by Crippen LogP contribution is -2.48. The van der Waals surface area contributed by atoms with E-state index in [1.165, 1.54) is 7.11 Å². The first kappa shape index (κ1) is 13.5. The summed E-state index contributed by atoms with van der Waals surface area (Å²) in [7, 11) is 1.38. The van der Waals surface area contributed by atoms with Crippen molar-refractivity contribution in [2.45, 2.75) is 19.4 Å². The summed E-state index contributed by atoms with van der Waals surface area (Å²) in [5.41, 5.74) is -0.686. The van der Waals surface area contributed by atoms with Crippen LogP contribution in [0.3, 0.4) is 0 Å². The van der Waals surface area contributed by atoms with E-state index in [-0.39, 0.29) is 5.97 Å². The number of rotatable bonds is 6. The molecule has 17 heavy (non-hydrogen) atoms. The third-order valence-corrected chi connectivity index (χ3v) is 2.38. The maximum Gasteiger partial charge on any atom is 0.325 e. The Labute approximate surface area is 102 Å². The molecule has 0 heterocycles. The van der Waals surface area contributed by atoms with Gasteiger partial charge in [-0.25, -0.2) is 0 Å². The number of hydrogen-bond donors (Lipinski definition) is 1. The fourth-order valence-corrected chi connectivity index (χ4v) is 1.38. The minimum absolute atomic E-state index is 0.280. The Morgan fingerprint density at radius 1 is 1.29 bits per heavy atom. The maximum atomic E-state index is 11.4. The summed E-state index contributed by atoms with van der Waals surface area (Å²) >= 11 is 0. The van der Waals surface area contributed by atoms with Crippen molar-refractivity contribution in [2.24, 2.45) is 0 Å². The van der Waals surface area contributed by atoms with Gasteiger partial charge >= 0.3 is 5.97 Å². The standard InChI is InChI=1S/C13H19NO3/c1-13(2,12(15)16-3)14-9-10-17-11-7-5-4-6-8-11/h4-8,14H,9-10H2,1-3H3. The molecule has 0 spiro atoms. The molecule has 1 aromatic rings. The molecular formula is C13H19NO3. The first-order valence-electron chi connectivity index (χ1n) is 5.57. The molecule has 0 bridgehead atoms. The number of carbonyl (C=O) groups excluding carboxylic acids is 1. The van der Waals surface area contributed by atoms with Gasteiger partial charge in [0.25, 0.3) is 0 Å². The molecule has 0 aliphatic heterocycles. The van der Waals surface area contributed by atoms with Crippen molar-refractivity contribution in [3.8, 4) is 5.75 Å². The molecule has 1 N–H and O–H groups in total. The molecule has 0 amide bonds. The van der Waals surface area contributed by atoms with E-state index in [0.717, 1.165) is 5.75 Å². The molecule has 0 fully saturated rings. The Morgan fingerprint density at radius 3 is 2.53 bits per heavy atom. The molecule has 0 atom stereocenters. The van der Waals surface area contributed by atoms with Crippen LogP contribution in [0.25, 0.3) is 0 Å². The predicted octanol–water partition coefficient (Wildman–Crippen LogP) is 1.61. The van der Waals surface area contributed by atoms with E-state index in [0.29, 0.717) is 13.2 Å². The van der Waals surface area contributed by atoms with Crippen LogP contribution in [0.2, 0.25) is 0 Å². The summed E-state index contributed by atoms with van der Waals surface area (Å²) < 4.78 is 10.2. The van der Waals surface area contributed by atoms with Gasteiger partial charge in [0.05, 0.1) is 7.11 Å². The molecule has 1 aromatic carbocycles. The molecule has 4 nitrogen and oxygen atoms in total. The highest BCUT2D eigenvalue weighted by Crippen LogP contribution is 2.08. The van der Waals surface area contributed by atoms with Crippen LogP contribution >= 0.6 is 0 Å². The van der Waals surface area contributed by atoms with Crippen molar-refractivity contribution in [3.05, 3.63) is 30.3 Å². The van der Waals surface area contributed by atoms with Crippen molar-refractivity contribution in [2.75, 3.05) is 20.3 Å². The molecule has 0 aliphatic carbocycles. The number of ether oxygens (including phenoxy) is 2. The Hall–Kier alpha value is -1.55. The second kappa shape index (κ2) is 6.25. The van der Waals surface area contributed by atoms with Crippen LogP contribution in [0.15, 0.2) is 30.3 Å². The van der Waals surface area contributed by atoms with Gasteiger partial charge in [0, 0.05) is 6.54 Å². The monoisotopic (exact) mass is 237 g/mol. The van der Waals surface area contributed by atoms with Crippen LogP contribution in [-0.4, -0.2) is 31.8 Å². The molecule has 0 saturated heterocycles. The van der Waals surface area contributed by atoms with E-state index in [9.17, 15) is 4.79 Å². The van der Waals surface area contributed by atoms with E-state index in [4.69, 9.17) is 4.74 Å². The van der Waals surface area contributed by atoms with Crippen molar-refractivity contribution in [3.63, 3.8) is 0 Å². The molecule has 0 radical (unpaired) electrons. The highest BCUT2D eigenvalue weighted by Gasteiger charge is 2.27. The van der Waals surface area contributed by atoms with Crippen molar-refractivity contribution >= 4 is 5.97 Å². The minimum Gasteiger partial charge on any atom is -0.492 e. The van der Waals surface area contributed by atoms with Gasteiger partial charge in [-0.1, -0.05) is 18.2 Å². The van der Waals surface area contributed by atoms with Crippen LogP contribution in [0, 0.1) is 0 Å². The zero-order valence-electron chi connectivity index (χ0n) is 10.5. The van der Waals surface area contributed by atoms with Crippen LogP contribution in [0.1, 0.15) is 13.8 Å². The highest BCUT2D eigenvalue weighted by atomic mass is 16.5. The van der Waals surface area contributed by atoms with Crippen LogP contribution in [0.4, 0.5) is 0 Å². The number of hydrogen-bond acceptors (Lipinski definition) is 4. The van der Waals surface area contributed by atoms with Crippen molar-refractivity contribution in [1.29, 1.82) is 0 Å². The molecule has 0 saturated carbocycles. The Bertz CT molecular complexity index is 349. The summed E-state index contributed by atoms with van der Waals surface area (Å²) in [4.78, 5) is 11.4. The van der Waals surface area contributed by atoms with Crippen LogP contribution < -0.4 is 10.1 Å². The van der Waals surface area contributed by atoms with Crippen molar-refractivity contribution in [1.82, 2.24) is 5.32 Å². The molecular weight excluding hydrogens is 218 g/mol. The average molecular weight is 237 g/mol. The number of esters is 1. The van der Waals surface area contributed by atoms with Gasteiger partial charge in [0.1, 0.15) is 17.9 Å². The van der Waals surface area contributed by atoms with Gasteiger partial charge in [-0.2, -0.15) is 0 Å². The minimum atomic E-state index is -0.686. The zero-order chi connectivity index (χ0) is 12.7. The fourth-order valence-electron chi connectivity index (χ4n) is 1.38. The maximum absolute atomic E-state index is 11.4. The Balaban J connectivity index is 2.27. The number of nitrogens with one attached hydrogen (secondary N) is 1. The zero-order valence-corrected chi connectivity index (χ0v) is 10.5. The average Bonchev–Trinajstić information content (AvgIpc) is 2.35. The summed E-state index contributed by atoms with van der Waals surface area (Å²) in [6.45, 7) is 4.64. The summed E-state index contributed by atoms with van der Waals surface area (Å²) in [5, 5.41) is 3.08. The normalized spacial score (nSPS) is 11.0. The number of para-hydroxylation sites is 1. The molecule has 4 heteroatoms. The lowest BCUT2D eigenvalue weighted by atomic mass is 10.1. The highest BCUT2D eigenvalue weighted by molar-refractivity contribution is 5.79. The number of carbonyl (C=O) groups is 1. The van der Waals surface area contributed by atoms with Crippen LogP contribution in [-0.2, 0) is 9.53 Å². The van der Waals surface area contributed by atoms with Gasteiger partial charge in [-0.15, -0.1) is 0 Å². The first-order valence-corrected chi connectivity index (χ1v) is 5.57. The quantitative estimate of drug-likeness (QED) is 0.603. The van der Waals surface area contributed by atoms with Gasteiger partial charge in [-0.05, 0) is 26.0 Å². The first-order chi connectivity index (χ1) is 8.06. The van der Waals surface area contributed by atoms with Crippen molar-refractivity contribution < 1.29 is 14.3 Å². The Kier molecular flexibility index (Phi) is 4.97. The molecule has 0 aromatic heterocycles. The van der Waals surface area contributed by atoms with E-state index in [2.05, 4.69) is 10.1 Å².